The van der Waals surface area contributed by atoms with Crippen LogP contribution in [0, 0.1) is 5.82 Å². The van der Waals surface area contributed by atoms with Gasteiger partial charge >= 0.3 is 0 Å². The summed E-state index contributed by atoms with van der Waals surface area (Å²) in [5, 5.41) is 15.7. The smallest absolute Gasteiger partial charge is 0.250 e. The number of hydrogen-bond acceptors (Lipinski definition) is 6. The van der Waals surface area contributed by atoms with Crippen LogP contribution in [0.5, 0.6) is 0 Å². The van der Waals surface area contributed by atoms with Gasteiger partial charge in [-0.1, -0.05) is 61.2 Å². The van der Waals surface area contributed by atoms with E-state index in [1.165, 1.54) is 23.3 Å². The number of tetrazole rings is 1. The number of hydrogen-bond donors (Lipinski definition) is 1. The summed E-state index contributed by atoms with van der Waals surface area (Å²) in [4.78, 5) is 30.0. The van der Waals surface area contributed by atoms with Gasteiger partial charge in [-0.2, -0.15) is 4.80 Å². The molecule has 1 fully saturated rings. The SMILES string of the molecule is O=C(NC1CCCCC1)[C@H](c1ccco1)N(Cc1ccccc1Cl)C(=O)Cn1nnc(-c2ccccc2F)n1. The number of halogens is 2. The molecule has 2 aromatic carbocycles. The Morgan fingerprint density at radius 1 is 1.08 bits per heavy atom. The molecule has 0 aliphatic heterocycles. The maximum Gasteiger partial charge on any atom is 0.250 e. The topological polar surface area (TPSA) is 106 Å². The van der Waals surface area contributed by atoms with Gasteiger partial charge in [0.2, 0.25) is 11.7 Å². The van der Waals surface area contributed by atoms with E-state index in [9.17, 15) is 14.0 Å². The second kappa shape index (κ2) is 12.2. The van der Waals surface area contributed by atoms with Crippen molar-refractivity contribution in [1.29, 1.82) is 0 Å². The third-order valence-electron chi connectivity index (χ3n) is 6.79. The van der Waals surface area contributed by atoms with Crippen LogP contribution in [0.15, 0.2) is 71.3 Å². The highest BCUT2D eigenvalue weighted by Gasteiger charge is 2.35. The van der Waals surface area contributed by atoms with Crippen molar-refractivity contribution in [1.82, 2.24) is 30.4 Å². The second-order valence-electron chi connectivity index (χ2n) is 9.50. The molecule has 1 aliphatic carbocycles. The molecule has 2 amide bonds. The number of nitrogens with one attached hydrogen (secondary N) is 1. The molecule has 0 unspecified atom stereocenters. The maximum absolute atomic E-state index is 14.2. The van der Waals surface area contributed by atoms with Gasteiger partial charge in [-0.3, -0.25) is 9.59 Å². The zero-order chi connectivity index (χ0) is 27.2. The Morgan fingerprint density at radius 3 is 2.59 bits per heavy atom. The Kier molecular flexibility index (Phi) is 8.31. The summed E-state index contributed by atoms with van der Waals surface area (Å²) in [5.74, 6) is -0.928. The third kappa shape index (κ3) is 6.34. The molecule has 202 valence electrons. The van der Waals surface area contributed by atoms with Crippen LogP contribution in [0.3, 0.4) is 0 Å². The van der Waals surface area contributed by atoms with Crippen LogP contribution in [0.4, 0.5) is 4.39 Å². The fourth-order valence-corrected chi connectivity index (χ4v) is 5.00. The van der Waals surface area contributed by atoms with Gasteiger partial charge in [0.15, 0.2) is 6.04 Å². The zero-order valence-electron chi connectivity index (χ0n) is 21.2. The van der Waals surface area contributed by atoms with E-state index in [0.29, 0.717) is 16.3 Å². The number of amides is 2. The van der Waals surface area contributed by atoms with E-state index in [4.69, 9.17) is 16.0 Å². The third-order valence-corrected chi connectivity index (χ3v) is 7.16. The van der Waals surface area contributed by atoms with Crippen LogP contribution in [0.25, 0.3) is 11.4 Å². The molecule has 1 N–H and O–H groups in total. The van der Waals surface area contributed by atoms with Crippen LogP contribution >= 0.6 is 11.6 Å². The molecule has 39 heavy (non-hydrogen) atoms. The lowest BCUT2D eigenvalue weighted by Crippen LogP contribution is -2.47. The van der Waals surface area contributed by atoms with Crippen LogP contribution in [-0.2, 0) is 22.7 Å². The van der Waals surface area contributed by atoms with Crippen molar-refractivity contribution in [3.05, 3.63) is 89.1 Å². The lowest BCUT2D eigenvalue weighted by molar-refractivity contribution is -0.143. The first-order valence-electron chi connectivity index (χ1n) is 12.9. The number of benzene rings is 2. The van der Waals surface area contributed by atoms with Crippen molar-refractivity contribution in [2.75, 3.05) is 0 Å². The molecule has 4 aromatic rings. The monoisotopic (exact) mass is 550 g/mol. The molecule has 11 heteroatoms. The summed E-state index contributed by atoms with van der Waals surface area (Å²) in [6, 6.07) is 15.5. The highest BCUT2D eigenvalue weighted by Crippen LogP contribution is 2.28. The summed E-state index contributed by atoms with van der Waals surface area (Å²) < 4.78 is 19.9. The first-order valence-corrected chi connectivity index (χ1v) is 13.3. The first kappa shape index (κ1) is 26.6. The molecule has 0 spiro atoms. The second-order valence-corrected chi connectivity index (χ2v) is 9.91. The average molecular weight is 551 g/mol. The summed E-state index contributed by atoms with van der Waals surface area (Å²) in [6.07, 6.45) is 6.47. The maximum atomic E-state index is 14.2. The molecule has 2 heterocycles. The van der Waals surface area contributed by atoms with Gasteiger partial charge in [0, 0.05) is 17.6 Å². The summed E-state index contributed by atoms with van der Waals surface area (Å²) in [7, 11) is 0. The molecular formula is C28H28ClFN6O3. The Morgan fingerprint density at radius 2 is 1.85 bits per heavy atom. The largest absolute Gasteiger partial charge is 0.467 e. The number of carbonyl (C=O) groups is 2. The van der Waals surface area contributed by atoms with Gasteiger partial charge in [0.05, 0.1) is 11.8 Å². The van der Waals surface area contributed by atoms with Gasteiger partial charge in [0.1, 0.15) is 18.1 Å². The number of rotatable bonds is 9. The van der Waals surface area contributed by atoms with Crippen LogP contribution < -0.4 is 5.32 Å². The average Bonchev–Trinajstić information content (AvgIpc) is 3.63. The van der Waals surface area contributed by atoms with E-state index in [-0.39, 0.29) is 36.4 Å². The fourth-order valence-electron chi connectivity index (χ4n) is 4.80. The van der Waals surface area contributed by atoms with Crippen molar-refractivity contribution in [3.8, 4) is 11.4 Å². The molecule has 0 bridgehead atoms. The Hall–Kier alpha value is -4.05. The van der Waals surface area contributed by atoms with E-state index >= 15 is 0 Å². The molecule has 2 aromatic heterocycles. The molecule has 9 nitrogen and oxygen atoms in total. The highest BCUT2D eigenvalue weighted by atomic mass is 35.5. The summed E-state index contributed by atoms with van der Waals surface area (Å²) >= 11 is 6.45. The fraction of sp³-hybridized carbons (Fsp3) is 0.321. The Balaban J connectivity index is 1.45. The number of nitrogens with zero attached hydrogens (tertiary/aromatic N) is 5. The normalized spacial score (nSPS) is 14.6. The Bertz CT molecular complexity index is 1420. The van der Waals surface area contributed by atoms with Crippen LogP contribution in [0.1, 0.15) is 49.5 Å². The van der Waals surface area contributed by atoms with Gasteiger partial charge < -0.3 is 14.6 Å². The van der Waals surface area contributed by atoms with E-state index in [1.54, 1.807) is 42.5 Å². The molecular weight excluding hydrogens is 523 g/mol. The van der Waals surface area contributed by atoms with E-state index < -0.39 is 17.8 Å². The molecule has 1 aliphatic rings. The minimum absolute atomic E-state index is 0.0290. The molecule has 1 saturated carbocycles. The highest BCUT2D eigenvalue weighted by molar-refractivity contribution is 6.31. The number of aromatic nitrogens is 4. The van der Waals surface area contributed by atoms with E-state index in [2.05, 4.69) is 20.7 Å². The molecule has 1 atom stereocenters. The van der Waals surface area contributed by atoms with Crippen molar-refractivity contribution in [2.45, 2.75) is 57.3 Å². The summed E-state index contributed by atoms with van der Waals surface area (Å²) in [6.45, 7) is -0.295. The molecule has 0 radical (unpaired) electrons. The Labute approximate surface area is 229 Å². The number of furan rings is 1. The van der Waals surface area contributed by atoms with Gasteiger partial charge in [-0.05, 0) is 54.0 Å². The van der Waals surface area contributed by atoms with Crippen molar-refractivity contribution in [2.24, 2.45) is 0 Å². The van der Waals surface area contributed by atoms with Crippen molar-refractivity contribution in [3.63, 3.8) is 0 Å². The molecule has 5 rings (SSSR count). The van der Waals surface area contributed by atoms with Gasteiger partial charge in [0.25, 0.3) is 5.91 Å². The predicted octanol–water partition coefficient (Wildman–Crippen LogP) is 4.94. The first-order chi connectivity index (χ1) is 19.0. The van der Waals surface area contributed by atoms with Crippen LogP contribution in [0.2, 0.25) is 5.02 Å². The quantitative estimate of drug-likeness (QED) is 0.316. The van der Waals surface area contributed by atoms with Crippen LogP contribution in [-0.4, -0.2) is 43.0 Å². The van der Waals surface area contributed by atoms with Crippen molar-refractivity contribution >= 4 is 23.4 Å². The number of carbonyl (C=O) groups excluding carboxylic acids is 2. The lowest BCUT2D eigenvalue weighted by Gasteiger charge is -2.32. The van der Waals surface area contributed by atoms with E-state index in [0.717, 1.165) is 36.9 Å². The van der Waals surface area contributed by atoms with E-state index in [1.807, 2.05) is 6.07 Å². The predicted molar refractivity (Wildman–Crippen MR) is 142 cm³/mol. The van der Waals surface area contributed by atoms with Gasteiger partial charge in [-0.25, -0.2) is 4.39 Å². The lowest BCUT2D eigenvalue weighted by atomic mass is 9.95. The minimum atomic E-state index is -1.06. The van der Waals surface area contributed by atoms with Crippen molar-refractivity contribution < 1.29 is 18.4 Å². The van der Waals surface area contributed by atoms with Gasteiger partial charge in [-0.15, -0.1) is 10.2 Å². The summed E-state index contributed by atoms with van der Waals surface area (Å²) in [5.41, 5.74) is 0.831. The minimum Gasteiger partial charge on any atom is -0.467 e. The standard InChI is InChI=1S/C28H28ClFN6O3/c29-22-13-6-4-9-19(22)17-35(25(37)18-36-33-27(32-34-36)21-12-5-7-14-23(21)30)26(24-15-8-16-39-24)28(38)31-20-10-2-1-3-11-20/h4-9,12-16,20,26H,1-3,10-11,17-18H2,(H,31,38)/t26-/m0/s1. The molecule has 0 saturated heterocycles. The zero-order valence-corrected chi connectivity index (χ0v) is 21.9.